The van der Waals surface area contributed by atoms with E-state index in [-0.39, 0.29) is 98.6 Å². The molecule has 0 saturated heterocycles. The van der Waals surface area contributed by atoms with Gasteiger partial charge in [-0.1, -0.05) is 0 Å². The van der Waals surface area contributed by atoms with E-state index in [2.05, 4.69) is 0 Å². The molecule has 0 unspecified atom stereocenters. The fraction of sp³-hybridized carbons (Fsp3) is 0. The minimum absolute atomic E-state index is 0. The second-order valence-corrected chi connectivity index (χ2v) is 0. The third-order valence-electron chi connectivity index (χ3n) is 0. The molecule has 0 rings (SSSR count). The molecule has 1 radical (unpaired) electrons. The minimum atomic E-state index is 0. The standard InChI is InChI=1S/Nd.3O.Pr/q+3;3*-2;+3. The van der Waals surface area contributed by atoms with Crippen LogP contribution in [0.3, 0.4) is 0 Å². The average molecular weight is 333 g/mol. The molecule has 0 aromatic rings. The summed E-state index contributed by atoms with van der Waals surface area (Å²) in [7, 11) is 0. The maximum atomic E-state index is 0. The Kier molecular flexibility index (Phi) is 301. The molecular formula is NdO3Pr. The van der Waals surface area contributed by atoms with E-state index in [4.69, 9.17) is 0 Å². The van der Waals surface area contributed by atoms with Crippen LogP contribution >= 0.6 is 0 Å². The third-order valence-corrected chi connectivity index (χ3v) is 0. The Morgan fingerprint density at radius 2 is 0.600 bits per heavy atom. The predicted octanol–water partition coefficient (Wildman–Crippen LogP) is -0.356. The van der Waals surface area contributed by atoms with Crippen molar-refractivity contribution in [2.75, 3.05) is 0 Å². The van der Waals surface area contributed by atoms with Gasteiger partial charge in [-0.05, 0) is 0 Å². The Morgan fingerprint density at radius 1 is 0.600 bits per heavy atom. The first kappa shape index (κ1) is 49.1. The Bertz CT molecular complexity index is 6.85. The van der Waals surface area contributed by atoms with E-state index in [1.807, 2.05) is 0 Å². The number of rotatable bonds is 0. The van der Waals surface area contributed by atoms with E-state index in [0.29, 0.717) is 0 Å². The summed E-state index contributed by atoms with van der Waals surface area (Å²) in [6.45, 7) is 0. The summed E-state index contributed by atoms with van der Waals surface area (Å²) in [6, 6.07) is 0. The zero-order valence-corrected chi connectivity index (χ0v) is 9.21. The molecule has 0 heterocycles. The molecule has 0 amide bonds. The van der Waals surface area contributed by atoms with Gasteiger partial charge in [0.2, 0.25) is 0 Å². The molecule has 5 heavy (non-hydrogen) atoms. The molecule has 0 N–H and O–H groups in total. The fourth-order valence-electron chi connectivity index (χ4n) is 0. The van der Waals surface area contributed by atoms with Crippen molar-refractivity contribution in [2.24, 2.45) is 0 Å². The maximum absolute atomic E-state index is 0. The summed E-state index contributed by atoms with van der Waals surface area (Å²) in [5.41, 5.74) is 0. The summed E-state index contributed by atoms with van der Waals surface area (Å²) < 4.78 is 0. The summed E-state index contributed by atoms with van der Waals surface area (Å²) in [4.78, 5) is 0. The Hall–Kier alpha value is 2.59. The Balaban J connectivity index is 0. The normalized spacial score (nSPS) is 0. The van der Waals surface area contributed by atoms with Crippen molar-refractivity contribution in [1.29, 1.82) is 0 Å². The van der Waals surface area contributed by atoms with E-state index >= 15 is 0 Å². The van der Waals surface area contributed by atoms with Crippen LogP contribution in [0, 0.1) is 82.1 Å². The van der Waals surface area contributed by atoms with Gasteiger partial charge in [-0.2, -0.15) is 0 Å². The monoisotopic (exact) mass is 331 g/mol. The molecule has 25 valence electrons. The van der Waals surface area contributed by atoms with Crippen LogP contribution in [0.4, 0.5) is 0 Å². The quantitative estimate of drug-likeness (QED) is 0.580. The van der Waals surface area contributed by atoms with Crippen LogP contribution in [0.25, 0.3) is 0 Å². The molecule has 0 aliphatic rings. The SMILES string of the molecule is [Nd+3].[O-2].[O-2].[O-2].[Pr+3]. The van der Waals surface area contributed by atoms with Gasteiger partial charge in [0, 0.05) is 0 Å². The first-order chi connectivity index (χ1) is 0. The first-order valence-electron chi connectivity index (χ1n) is 0. The number of hydrogen-bond donors (Lipinski definition) is 0. The second-order valence-electron chi connectivity index (χ2n) is 0. The first-order valence-corrected chi connectivity index (χ1v) is 0. The molecule has 0 aliphatic heterocycles. The molecule has 0 fully saturated rings. The van der Waals surface area contributed by atoms with E-state index in [1.54, 1.807) is 0 Å². The third kappa shape index (κ3) is 20.7. The molecule has 0 aromatic heterocycles. The van der Waals surface area contributed by atoms with Gasteiger partial charge in [0.1, 0.15) is 0 Å². The van der Waals surface area contributed by atoms with Crippen LogP contribution in [-0.4, -0.2) is 0 Å². The van der Waals surface area contributed by atoms with Gasteiger partial charge in [0.15, 0.2) is 0 Å². The van der Waals surface area contributed by atoms with Gasteiger partial charge in [-0.3, -0.25) is 0 Å². The summed E-state index contributed by atoms with van der Waals surface area (Å²) in [5.74, 6) is 0. The van der Waals surface area contributed by atoms with Crippen molar-refractivity contribution in [2.45, 2.75) is 0 Å². The summed E-state index contributed by atoms with van der Waals surface area (Å²) in [5, 5.41) is 0. The van der Waals surface area contributed by atoms with Crippen LogP contribution in [0.5, 0.6) is 0 Å². The van der Waals surface area contributed by atoms with Crippen molar-refractivity contribution >= 4 is 0 Å². The summed E-state index contributed by atoms with van der Waals surface area (Å²) >= 11 is 0. The maximum Gasteiger partial charge on any atom is 3.00 e. The molecule has 0 aliphatic carbocycles. The van der Waals surface area contributed by atoms with E-state index in [0.717, 1.165) is 0 Å². The van der Waals surface area contributed by atoms with Gasteiger partial charge in [-0.25, -0.2) is 0 Å². The van der Waals surface area contributed by atoms with Crippen LogP contribution in [0.15, 0.2) is 0 Å². The zero-order chi connectivity index (χ0) is 0. The molecule has 0 bridgehead atoms. The molecule has 3 nitrogen and oxygen atoms in total. The van der Waals surface area contributed by atoms with Crippen molar-refractivity contribution in [3.05, 3.63) is 0 Å². The summed E-state index contributed by atoms with van der Waals surface area (Å²) in [6.07, 6.45) is 0. The van der Waals surface area contributed by atoms with Crippen LogP contribution < -0.4 is 0 Å². The van der Waals surface area contributed by atoms with Crippen molar-refractivity contribution in [3.63, 3.8) is 0 Å². The van der Waals surface area contributed by atoms with Crippen molar-refractivity contribution < 1.29 is 98.6 Å². The Labute approximate surface area is 96.3 Å². The molecule has 0 aromatic carbocycles. The Morgan fingerprint density at radius 3 is 0.600 bits per heavy atom. The molecule has 0 saturated carbocycles. The smallest absolute Gasteiger partial charge is 2.00 e. The molecule has 0 atom stereocenters. The van der Waals surface area contributed by atoms with Gasteiger partial charge >= 0.3 is 82.1 Å². The van der Waals surface area contributed by atoms with Crippen LogP contribution in [0.2, 0.25) is 0 Å². The van der Waals surface area contributed by atoms with Gasteiger partial charge in [-0.15, -0.1) is 0 Å². The second kappa shape index (κ2) is 30.7. The van der Waals surface area contributed by atoms with E-state index in [9.17, 15) is 0 Å². The molecule has 0 spiro atoms. The predicted molar refractivity (Wildman–Crippen MR) is 2.06 cm³/mol. The van der Waals surface area contributed by atoms with Gasteiger partial charge in [0.25, 0.3) is 0 Å². The largest absolute Gasteiger partial charge is 3.00 e. The van der Waals surface area contributed by atoms with Gasteiger partial charge in [0.05, 0.1) is 0 Å². The van der Waals surface area contributed by atoms with E-state index in [1.165, 1.54) is 0 Å². The minimum Gasteiger partial charge on any atom is -2.00 e. The van der Waals surface area contributed by atoms with Crippen LogP contribution in [0.1, 0.15) is 0 Å². The van der Waals surface area contributed by atoms with Crippen molar-refractivity contribution in [3.8, 4) is 0 Å². The molecular weight excluding hydrogens is 333 g/mol. The van der Waals surface area contributed by atoms with Crippen molar-refractivity contribution in [1.82, 2.24) is 0 Å². The fourth-order valence-corrected chi connectivity index (χ4v) is 0. The number of hydrogen-bond acceptors (Lipinski definition) is 0. The average Bonchev–Trinajstić information content (AvgIpc) is 0. The van der Waals surface area contributed by atoms with Gasteiger partial charge < -0.3 is 16.4 Å². The molecule has 5 heteroatoms. The van der Waals surface area contributed by atoms with E-state index < -0.39 is 0 Å². The van der Waals surface area contributed by atoms with Crippen LogP contribution in [-0.2, 0) is 16.4 Å². The topological polar surface area (TPSA) is 85.5 Å². The zero-order valence-electron chi connectivity index (χ0n) is 2.30.